The molecule has 0 radical (unpaired) electrons. The van der Waals surface area contributed by atoms with Crippen molar-refractivity contribution >= 4 is 10.0 Å². The maximum absolute atomic E-state index is 11.7. The minimum absolute atomic E-state index is 0.144. The molecule has 9 heteroatoms. The lowest BCUT2D eigenvalue weighted by Crippen LogP contribution is -2.37. The van der Waals surface area contributed by atoms with Crippen LogP contribution >= 0.6 is 0 Å². The summed E-state index contributed by atoms with van der Waals surface area (Å²) in [5.41, 5.74) is 0. The highest BCUT2D eigenvalue weighted by atomic mass is 32.2. The molecule has 1 aliphatic rings. The first-order valence-corrected chi connectivity index (χ1v) is 6.69. The second kappa shape index (κ2) is 5.98. The summed E-state index contributed by atoms with van der Waals surface area (Å²) in [5.74, 6) is 0. The molecule has 17 heavy (non-hydrogen) atoms. The molecule has 0 aliphatic carbocycles. The quantitative estimate of drug-likeness (QED) is 0.662. The third kappa shape index (κ3) is 5.66. The standard InChI is InChI=1S/C8H15F3N2O3S/c9-8(10,11)6-16-4-3-13-17(14,15)7-1-2-12-5-7/h7,12-13H,1-6H2. The van der Waals surface area contributed by atoms with Crippen LogP contribution in [0.2, 0.25) is 0 Å². The van der Waals surface area contributed by atoms with Crippen molar-refractivity contribution in [3.63, 3.8) is 0 Å². The molecule has 1 unspecified atom stereocenters. The van der Waals surface area contributed by atoms with Crippen LogP contribution < -0.4 is 10.0 Å². The molecule has 0 bridgehead atoms. The molecule has 1 saturated heterocycles. The molecule has 2 N–H and O–H groups in total. The molecule has 0 aromatic heterocycles. The third-order valence-electron chi connectivity index (χ3n) is 2.27. The summed E-state index contributed by atoms with van der Waals surface area (Å²) in [6, 6.07) is 0. The molecule has 102 valence electrons. The first-order valence-electron chi connectivity index (χ1n) is 5.15. The number of hydrogen-bond acceptors (Lipinski definition) is 4. The predicted molar refractivity (Wildman–Crippen MR) is 55.1 cm³/mol. The van der Waals surface area contributed by atoms with E-state index in [-0.39, 0.29) is 13.2 Å². The number of rotatable bonds is 6. The first kappa shape index (κ1) is 14.7. The van der Waals surface area contributed by atoms with Crippen LogP contribution in [0.4, 0.5) is 13.2 Å². The van der Waals surface area contributed by atoms with Crippen molar-refractivity contribution in [2.75, 3.05) is 32.8 Å². The smallest absolute Gasteiger partial charge is 0.371 e. The Hall–Kier alpha value is -0.380. The molecular formula is C8H15F3N2O3S. The highest BCUT2D eigenvalue weighted by Crippen LogP contribution is 2.14. The molecule has 1 atom stereocenters. The van der Waals surface area contributed by atoms with E-state index in [1.54, 1.807) is 0 Å². The fourth-order valence-electron chi connectivity index (χ4n) is 1.45. The van der Waals surface area contributed by atoms with E-state index in [9.17, 15) is 21.6 Å². The molecule has 1 fully saturated rings. The van der Waals surface area contributed by atoms with E-state index in [1.807, 2.05) is 0 Å². The number of halogens is 3. The second-order valence-electron chi connectivity index (χ2n) is 3.72. The van der Waals surface area contributed by atoms with Crippen LogP contribution in [-0.4, -0.2) is 52.7 Å². The largest absolute Gasteiger partial charge is 0.411 e. The number of ether oxygens (including phenoxy) is 1. The van der Waals surface area contributed by atoms with Gasteiger partial charge in [0.05, 0.1) is 11.9 Å². The lowest BCUT2D eigenvalue weighted by atomic mass is 10.4. The normalized spacial score (nSPS) is 21.9. The van der Waals surface area contributed by atoms with E-state index in [0.29, 0.717) is 19.5 Å². The van der Waals surface area contributed by atoms with Crippen molar-refractivity contribution in [1.82, 2.24) is 10.0 Å². The van der Waals surface area contributed by atoms with Gasteiger partial charge in [0, 0.05) is 13.1 Å². The van der Waals surface area contributed by atoms with Crippen LogP contribution in [0.5, 0.6) is 0 Å². The van der Waals surface area contributed by atoms with Crippen LogP contribution in [-0.2, 0) is 14.8 Å². The van der Waals surface area contributed by atoms with Crippen molar-refractivity contribution in [2.24, 2.45) is 0 Å². The SMILES string of the molecule is O=S(=O)(NCCOCC(F)(F)F)C1CCNC1. The van der Waals surface area contributed by atoms with Crippen molar-refractivity contribution in [3.05, 3.63) is 0 Å². The monoisotopic (exact) mass is 276 g/mol. The van der Waals surface area contributed by atoms with E-state index in [0.717, 1.165) is 0 Å². The number of alkyl halides is 3. The zero-order chi connectivity index (χ0) is 12.9. The van der Waals surface area contributed by atoms with E-state index < -0.39 is 28.1 Å². The minimum Gasteiger partial charge on any atom is -0.371 e. The first-order chi connectivity index (χ1) is 7.81. The molecule has 0 spiro atoms. The molecule has 1 aliphatic heterocycles. The van der Waals surface area contributed by atoms with Gasteiger partial charge in [-0.05, 0) is 13.0 Å². The van der Waals surface area contributed by atoms with Gasteiger partial charge in [-0.15, -0.1) is 0 Å². The van der Waals surface area contributed by atoms with Crippen molar-refractivity contribution in [1.29, 1.82) is 0 Å². The summed E-state index contributed by atoms with van der Waals surface area (Å²) in [6.45, 7) is -0.789. The Morgan fingerprint density at radius 2 is 2.12 bits per heavy atom. The van der Waals surface area contributed by atoms with Crippen LogP contribution in [0.3, 0.4) is 0 Å². The number of hydrogen-bond donors (Lipinski definition) is 2. The van der Waals surface area contributed by atoms with Crippen molar-refractivity contribution < 1.29 is 26.3 Å². The lowest BCUT2D eigenvalue weighted by molar-refractivity contribution is -0.173. The Kier molecular flexibility index (Phi) is 5.17. The molecular weight excluding hydrogens is 261 g/mol. The van der Waals surface area contributed by atoms with Gasteiger partial charge in [0.25, 0.3) is 0 Å². The fourth-order valence-corrected chi connectivity index (χ4v) is 2.82. The van der Waals surface area contributed by atoms with Crippen molar-refractivity contribution in [3.8, 4) is 0 Å². The molecule has 0 aromatic rings. The Morgan fingerprint density at radius 3 is 2.65 bits per heavy atom. The summed E-state index contributed by atoms with van der Waals surface area (Å²) in [7, 11) is -3.45. The molecule has 1 heterocycles. The molecule has 0 aromatic carbocycles. The van der Waals surface area contributed by atoms with Crippen LogP contribution in [0.25, 0.3) is 0 Å². The average molecular weight is 276 g/mol. The van der Waals surface area contributed by atoms with Gasteiger partial charge in [-0.1, -0.05) is 0 Å². The minimum atomic E-state index is -4.38. The maximum atomic E-state index is 11.7. The topological polar surface area (TPSA) is 67.4 Å². The fraction of sp³-hybridized carbons (Fsp3) is 1.00. The summed E-state index contributed by atoms with van der Waals surface area (Å²) in [4.78, 5) is 0. The second-order valence-corrected chi connectivity index (χ2v) is 5.77. The Bertz CT molecular complexity index is 325. The summed E-state index contributed by atoms with van der Waals surface area (Å²) < 4.78 is 64.7. The zero-order valence-electron chi connectivity index (χ0n) is 9.09. The van der Waals surface area contributed by atoms with Crippen molar-refractivity contribution in [2.45, 2.75) is 17.8 Å². The average Bonchev–Trinajstić information content (AvgIpc) is 2.68. The van der Waals surface area contributed by atoms with E-state index >= 15 is 0 Å². The Morgan fingerprint density at radius 1 is 1.41 bits per heavy atom. The molecule has 0 saturated carbocycles. The van der Waals surface area contributed by atoms with Crippen LogP contribution in [0, 0.1) is 0 Å². The van der Waals surface area contributed by atoms with Gasteiger partial charge in [0.2, 0.25) is 10.0 Å². The molecule has 1 rings (SSSR count). The Balaban J connectivity index is 2.17. The number of sulfonamides is 1. The number of nitrogens with one attached hydrogen (secondary N) is 2. The van der Waals surface area contributed by atoms with Gasteiger partial charge in [-0.2, -0.15) is 13.2 Å². The van der Waals surface area contributed by atoms with Gasteiger partial charge < -0.3 is 10.1 Å². The van der Waals surface area contributed by atoms with Gasteiger partial charge in [-0.3, -0.25) is 0 Å². The Labute approximate surface area is 97.8 Å². The lowest BCUT2D eigenvalue weighted by Gasteiger charge is -2.12. The zero-order valence-corrected chi connectivity index (χ0v) is 9.90. The van der Waals surface area contributed by atoms with Gasteiger partial charge in [0.1, 0.15) is 6.61 Å². The van der Waals surface area contributed by atoms with E-state index in [1.165, 1.54) is 0 Å². The van der Waals surface area contributed by atoms with Gasteiger partial charge >= 0.3 is 6.18 Å². The summed E-state index contributed by atoms with van der Waals surface area (Å²) >= 11 is 0. The van der Waals surface area contributed by atoms with Crippen LogP contribution in [0.15, 0.2) is 0 Å². The highest BCUT2D eigenvalue weighted by Gasteiger charge is 2.29. The molecule has 5 nitrogen and oxygen atoms in total. The molecule has 0 amide bonds. The third-order valence-corrected chi connectivity index (χ3v) is 4.16. The highest BCUT2D eigenvalue weighted by molar-refractivity contribution is 7.90. The summed E-state index contributed by atoms with van der Waals surface area (Å²) in [5, 5.41) is 2.39. The maximum Gasteiger partial charge on any atom is 0.411 e. The summed E-state index contributed by atoms with van der Waals surface area (Å²) in [6.07, 6.45) is -3.87. The van der Waals surface area contributed by atoms with Gasteiger partial charge in [-0.25, -0.2) is 13.1 Å². The van der Waals surface area contributed by atoms with E-state index in [4.69, 9.17) is 0 Å². The van der Waals surface area contributed by atoms with Crippen LogP contribution in [0.1, 0.15) is 6.42 Å². The van der Waals surface area contributed by atoms with E-state index in [2.05, 4.69) is 14.8 Å². The van der Waals surface area contributed by atoms with Gasteiger partial charge in [0.15, 0.2) is 0 Å². The predicted octanol–water partition coefficient (Wildman–Crippen LogP) is -0.153.